The third-order valence-electron chi connectivity index (χ3n) is 5.30. The highest BCUT2D eigenvalue weighted by atomic mass is 16.2. The zero-order chi connectivity index (χ0) is 15.4. The SMILES string of the molecule is NC1CCCC(C(=O)N(Cc2ccccc2)CC2CCC2)C1. The van der Waals surface area contributed by atoms with Gasteiger partial charge in [0, 0.05) is 25.0 Å². The Morgan fingerprint density at radius 3 is 2.45 bits per heavy atom. The number of nitrogens with zero attached hydrogens (tertiary/aromatic N) is 1. The van der Waals surface area contributed by atoms with Crippen molar-refractivity contribution in [2.24, 2.45) is 17.6 Å². The number of nitrogens with two attached hydrogens (primary N) is 1. The summed E-state index contributed by atoms with van der Waals surface area (Å²) in [5.74, 6) is 1.20. The van der Waals surface area contributed by atoms with Gasteiger partial charge in [0.1, 0.15) is 0 Å². The number of hydrogen-bond acceptors (Lipinski definition) is 2. The van der Waals surface area contributed by atoms with Gasteiger partial charge in [-0.15, -0.1) is 0 Å². The van der Waals surface area contributed by atoms with Gasteiger partial charge in [0.2, 0.25) is 5.91 Å². The van der Waals surface area contributed by atoms with Crippen molar-refractivity contribution in [1.82, 2.24) is 4.90 Å². The summed E-state index contributed by atoms with van der Waals surface area (Å²) in [6.07, 6.45) is 7.94. The fourth-order valence-electron chi connectivity index (χ4n) is 3.73. The first-order valence-corrected chi connectivity index (χ1v) is 8.80. The molecule has 2 atom stereocenters. The molecule has 2 unspecified atom stereocenters. The predicted molar refractivity (Wildman–Crippen MR) is 89.1 cm³/mol. The first-order chi connectivity index (χ1) is 10.7. The standard InChI is InChI=1S/C19H28N2O/c20-18-11-5-10-17(12-18)19(22)21(14-16-8-4-9-16)13-15-6-2-1-3-7-15/h1-3,6-7,16-18H,4-5,8-14,20H2. The lowest BCUT2D eigenvalue weighted by molar-refractivity contribution is -0.138. The maximum atomic E-state index is 13.0. The van der Waals surface area contributed by atoms with E-state index in [1.54, 1.807) is 0 Å². The van der Waals surface area contributed by atoms with Gasteiger partial charge < -0.3 is 10.6 Å². The molecule has 22 heavy (non-hydrogen) atoms. The van der Waals surface area contributed by atoms with Gasteiger partial charge in [-0.05, 0) is 43.6 Å². The van der Waals surface area contributed by atoms with Crippen molar-refractivity contribution in [1.29, 1.82) is 0 Å². The Morgan fingerprint density at radius 2 is 1.82 bits per heavy atom. The molecule has 3 heteroatoms. The molecule has 1 amide bonds. The van der Waals surface area contributed by atoms with Crippen LogP contribution in [0.15, 0.2) is 30.3 Å². The summed E-state index contributed by atoms with van der Waals surface area (Å²) in [5.41, 5.74) is 7.32. The minimum Gasteiger partial charge on any atom is -0.338 e. The summed E-state index contributed by atoms with van der Waals surface area (Å²) >= 11 is 0. The van der Waals surface area contributed by atoms with Crippen LogP contribution < -0.4 is 5.73 Å². The third kappa shape index (κ3) is 3.89. The fraction of sp³-hybridized carbons (Fsp3) is 0.632. The number of rotatable bonds is 5. The summed E-state index contributed by atoms with van der Waals surface area (Å²) in [6.45, 7) is 1.68. The molecule has 0 aliphatic heterocycles. The van der Waals surface area contributed by atoms with Gasteiger partial charge in [0.15, 0.2) is 0 Å². The first kappa shape index (κ1) is 15.5. The average Bonchev–Trinajstić information content (AvgIpc) is 2.50. The second kappa shape index (κ2) is 7.28. The molecule has 0 aromatic heterocycles. The van der Waals surface area contributed by atoms with Gasteiger partial charge in [-0.3, -0.25) is 4.79 Å². The smallest absolute Gasteiger partial charge is 0.226 e. The van der Waals surface area contributed by atoms with E-state index in [4.69, 9.17) is 5.73 Å². The summed E-state index contributed by atoms with van der Waals surface area (Å²) in [4.78, 5) is 15.1. The molecule has 2 saturated carbocycles. The highest BCUT2D eigenvalue weighted by Crippen LogP contribution is 2.30. The summed E-state index contributed by atoms with van der Waals surface area (Å²) < 4.78 is 0. The maximum Gasteiger partial charge on any atom is 0.226 e. The predicted octanol–water partition coefficient (Wildman–Crippen LogP) is 3.33. The Hall–Kier alpha value is -1.35. The Kier molecular flexibility index (Phi) is 5.14. The summed E-state index contributed by atoms with van der Waals surface area (Å²) in [5, 5.41) is 0. The van der Waals surface area contributed by atoms with E-state index in [9.17, 15) is 4.79 Å². The number of amides is 1. The Morgan fingerprint density at radius 1 is 1.09 bits per heavy atom. The normalized spacial score (nSPS) is 25.5. The van der Waals surface area contributed by atoms with Crippen molar-refractivity contribution in [3.05, 3.63) is 35.9 Å². The quantitative estimate of drug-likeness (QED) is 0.906. The van der Waals surface area contributed by atoms with Crippen LogP contribution >= 0.6 is 0 Å². The van der Waals surface area contributed by atoms with E-state index < -0.39 is 0 Å². The van der Waals surface area contributed by atoms with Gasteiger partial charge in [-0.2, -0.15) is 0 Å². The van der Waals surface area contributed by atoms with Crippen LogP contribution in [0, 0.1) is 11.8 Å². The van der Waals surface area contributed by atoms with Crippen LogP contribution in [0.5, 0.6) is 0 Å². The lowest BCUT2D eigenvalue weighted by Crippen LogP contribution is -2.43. The van der Waals surface area contributed by atoms with E-state index in [-0.39, 0.29) is 12.0 Å². The average molecular weight is 300 g/mol. The topological polar surface area (TPSA) is 46.3 Å². The van der Waals surface area contributed by atoms with Crippen LogP contribution in [0.2, 0.25) is 0 Å². The van der Waals surface area contributed by atoms with Crippen LogP contribution in [0.25, 0.3) is 0 Å². The second-order valence-electron chi connectivity index (χ2n) is 7.12. The summed E-state index contributed by atoms with van der Waals surface area (Å²) in [7, 11) is 0. The molecular formula is C19H28N2O. The van der Waals surface area contributed by atoms with E-state index in [1.165, 1.54) is 24.8 Å². The Bertz CT molecular complexity index is 483. The molecule has 1 aromatic rings. The molecule has 2 aliphatic carbocycles. The number of benzene rings is 1. The highest BCUT2D eigenvalue weighted by molar-refractivity contribution is 5.79. The highest BCUT2D eigenvalue weighted by Gasteiger charge is 2.31. The van der Waals surface area contributed by atoms with Crippen LogP contribution in [0.4, 0.5) is 0 Å². The molecule has 0 bridgehead atoms. The van der Waals surface area contributed by atoms with Gasteiger partial charge in [0.05, 0.1) is 0 Å². The molecule has 3 nitrogen and oxygen atoms in total. The minimum absolute atomic E-state index is 0.146. The molecule has 0 heterocycles. The minimum atomic E-state index is 0.146. The molecule has 0 saturated heterocycles. The summed E-state index contributed by atoms with van der Waals surface area (Å²) in [6, 6.07) is 10.6. The monoisotopic (exact) mass is 300 g/mol. The van der Waals surface area contributed by atoms with Crippen molar-refractivity contribution in [3.63, 3.8) is 0 Å². The molecule has 0 radical (unpaired) electrons. The van der Waals surface area contributed by atoms with Crippen LogP contribution in [-0.2, 0) is 11.3 Å². The van der Waals surface area contributed by atoms with Gasteiger partial charge in [0.25, 0.3) is 0 Å². The Balaban J connectivity index is 1.67. The van der Waals surface area contributed by atoms with Crippen molar-refractivity contribution in [2.45, 2.75) is 57.5 Å². The zero-order valence-corrected chi connectivity index (χ0v) is 13.4. The van der Waals surface area contributed by atoms with Crippen molar-refractivity contribution >= 4 is 5.91 Å². The Labute approximate surface area is 133 Å². The number of hydrogen-bond donors (Lipinski definition) is 1. The maximum absolute atomic E-state index is 13.0. The van der Waals surface area contributed by atoms with Crippen molar-refractivity contribution < 1.29 is 4.79 Å². The second-order valence-corrected chi connectivity index (χ2v) is 7.12. The molecule has 120 valence electrons. The number of carbonyl (C=O) groups is 1. The lowest BCUT2D eigenvalue weighted by atomic mass is 9.83. The van der Waals surface area contributed by atoms with E-state index in [1.807, 2.05) is 6.07 Å². The van der Waals surface area contributed by atoms with Gasteiger partial charge >= 0.3 is 0 Å². The molecule has 2 fully saturated rings. The van der Waals surface area contributed by atoms with E-state index in [0.717, 1.165) is 38.8 Å². The van der Waals surface area contributed by atoms with Crippen molar-refractivity contribution in [3.8, 4) is 0 Å². The molecular weight excluding hydrogens is 272 g/mol. The molecule has 1 aromatic carbocycles. The molecule has 3 rings (SSSR count). The van der Waals surface area contributed by atoms with Crippen molar-refractivity contribution in [2.75, 3.05) is 6.54 Å². The fourth-order valence-corrected chi connectivity index (χ4v) is 3.73. The van der Waals surface area contributed by atoms with E-state index in [2.05, 4.69) is 29.2 Å². The van der Waals surface area contributed by atoms with E-state index >= 15 is 0 Å². The van der Waals surface area contributed by atoms with Crippen LogP contribution in [0.3, 0.4) is 0 Å². The van der Waals surface area contributed by atoms with Gasteiger partial charge in [-0.25, -0.2) is 0 Å². The first-order valence-electron chi connectivity index (χ1n) is 8.80. The van der Waals surface area contributed by atoms with Crippen LogP contribution in [-0.4, -0.2) is 23.4 Å². The van der Waals surface area contributed by atoms with Crippen LogP contribution in [0.1, 0.15) is 50.5 Å². The largest absolute Gasteiger partial charge is 0.338 e. The molecule has 2 aliphatic rings. The van der Waals surface area contributed by atoms with Gasteiger partial charge in [-0.1, -0.05) is 43.2 Å². The third-order valence-corrected chi connectivity index (χ3v) is 5.30. The lowest BCUT2D eigenvalue weighted by Gasteiger charge is -2.36. The zero-order valence-electron chi connectivity index (χ0n) is 13.4. The number of carbonyl (C=O) groups excluding carboxylic acids is 1. The molecule has 2 N–H and O–H groups in total. The van der Waals surface area contributed by atoms with E-state index in [0.29, 0.717) is 11.8 Å². The molecule has 0 spiro atoms.